The van der Waals surface area contributed by atoms with Gasteiger partial charge in [0, 0.05) is 30.6 Å². The van der Waals surface area contributed by atoms with Crippen molar-refractivity contribution < 1.29 is 23.1 Å². The summed E-state index contributed by atoms with van der Waals surface area (Å²) in [4.78, 5) is 26.9. The average molecular weight is 430 g/mol. The maximum atomic E-state index is 12.6. The Bertz CT molecular complexity index is 656. The van der Waals surface area contributed by atoms with E-state index in [4.69, 9.17) is 4.74 Å². The zero-order chi connectivity index (χ0) is 21.1. The van der Waals surface area contributed by atoms with Crippen molar-refractivity contribution in [1.82, 2.24) is 10.2 Å². The number of benzene rings is 1. The van der Waals surface area contributed by atoms with Crippen LogP contribution in [-0.2, 0) is 14.3 Å². The second-order valence-electron chi connectivity index (χ2n) is 6.81. The SMILES string of the molecule is CCOCCCNC(=O)C1CCN(CC(=O)Nc2ccccc2SC(F)F)CC1. The van der Waals surface area contributed by atoms with Gasteiger partial charge in [-0.15, -0.1) is 0 Å². The van der Waals surface area contributed by atoms with Gasteiger partial charge in [-0.1, -0.05) is 23.9 Å². The van der Waals surface area contributed by atoms with Gasteiger partial charge in [0.25, 0.3) is 5.76 Å². The van der Waals surface area contributed by atoms with Crippen molar-refractivity contribution in [2.24, 2.45) is 5.92 Å². The fraction of sp³-hybridized carbons (Fsp3) is 0.600. The second-order valence-corrected chi connectivity index (χ2v) is 7.85. The lowest BCUT2D eigenvalue weighted by Gasteiger charge is -2.30. The minimum Gasteiger partial charge on any atom is -0.382 e. The van der Waals surface area contributed by atoms with Crippen LogP contribution < -0.4 is 10.6 Å². The van der Waals surface area contributed by atoms with Crippen LogP contribution in [0.25, 0.3) is 0 Å². The van der Waals surface area contributed by atoms with Crippen LogP contribution in [-0.4, -0.2) is 61.9 Å². The first-order chi connectivity index (χ1) is 14.0. The number of nitrogens with zero attached hydrogens (tertiary/aromatic N) is 1. The summed E-state index contributed by atoms with van der Waals surface area (Å²) in [7, 11) is 0. The van der Waals surface area contributed by atoms with Crippen LogP contribution in [0.4, 0.5) is 14.5 Å². The van der Waals surface area contributed by atoms with Crippen LogP contribution >= 0.6 is 11.8 Å². The van der Waals surface area contributed by atoms with Crippen LogP contribution in [0, 0.1) is 5.92 Å². The van der Waals surface area contributed by atoms with Gasteiger partial charge in [0.1, 0.15) is 0 Å². The van der Waals surface area contributed by atoms with E-state index in [-0.39, 0.29) is 24.3 Å². The number of alkyl halides is 2. The fourth-order valence-electron chi connectivity index (χ4n) is 3.19. The molecule has 2 rings (SSSR count). The summed E-state index contributed by atoms with van der Waals surface area (Å²) in [5.74, 6) is -2.77. The van der Waals surface area contributed by atoms with Gasteiger partial charge in [-0.2, -0.15) is 8.78 Å². The Labute approximate surface area is 174 Å². The molecule has 1 aromatic rings. The van der Waals surface area contributed by atoms with Gasteiger partial charge in [0.2, 0.25) is 11.8 Å². The largest absolute Gasteiger partial charge is 0.382 e. The molecular formula is C20H29F2N3O3S. The first-order valence-electron chi connectivity index (χ1n) is 9.91. The molecule has 1 saturated heterocycles. The molecule has 0 unspecified atom stereocenters. The number of anilines is 1. The number of nitrogens with one attached hydrogen (secondary N) is 2. The third-order valence-corrected chi connectivity index (χ3v) is 5.46. The highest BCUT2D eigenvalue weighted by atomic mass is 32.2. The topological polar surface area (TPSA) is 70.7 Å². The lowest BCUT2D eigenvalue weighted by Crippen LogP contribution is -2.43. The number of likely N-dealkylation sites (tertiary alicyclic amines) is 1. The van der Waals surface area contributed by atoms with Crippen LogP contribution in [0.3, 0.4) is 0 Å². The van der Waals surface area contributed by atoms with Crippen molar-refractivity contribution in [1.29, 1.82) is 0 Å². The Balaban J connectivity index is 1.71. The molecule has 9 heteroatoms. The van der Waals surface area contributed by atoms with E-state index >= 15 is 0 Å². The molecule has 6 nitrogen and oxygen atoms in total. The van der Waals surface area contributed by atoms with Crippen molar-refractivity contribution >= 4 is 29.3 Å². The van der Waals surface area contributed by atoms with Gasteiger partial charge in [0.15, 0.2) is 0 Å². The Morgan fingerprint density at radius 2 is 2.00 bits per heavy atom. The van der Waals surface area contributed by atoms with E-state index in [2.05, 4.69) is 10.6 Å². The van der Waals surface area contributed by atoms with Crippen LogP contribution in [0.2, 0.25) is 0 Å². The van der Waals surface area contributed by atoms with Crippen molar-refractivity contribution in [2.45, 2.75) is 36.8 Å². The zero-order valence-electron chi connectivity index (χ0n) is 16.7. The number of hydrogen-bond acceptors (Lipinski definition) is 5. The number of hydrogen-bond donors (Lipinski definition) is 2. The molecule has 0 saturated carbocycles. The number of ether oxygens (including phenoxy) is 1. The quantitative estimate of drug-likeness (QED) is 0.418. The normalized spacial score (nSPS) is 15.4. The number of para-hydroxylation sites is 1. The molecule has 1 heterocycles. The maximum absolute atomic E-state index is 12.6. The highest BCUT2D eigenvalue weighted by Gasteiger charge is 2.25. The van der Waals surface area contributed by atoms with Crippen molar-refractivity contribution in [3.05, 3.63) is 24.3 Å². The number of rotatable bonds is 11. The predicted octanol–water partition coefficient (Wildman–Crippen LogP) is 3.19. The number of piperidine rings is 1. The molecule has 0 aromatic heterocycles. The van der Waals surface area contributed by atoms with Gasteiger partial charge >= 0.3 is 0 Å². The summed E-state index contributed by atoms with van der Waals surface area (Å²) in [6, 6.07) is 6.53. The van der Waals surface area contributed by atoms with Gasteiger partial charge in [0.05, 0.1) is 12.2 Å². The van der Waals surface area contributed by atoms with E-state index < -0.39 is 5.76 Å². The number of amides is 2. The Morgan fingerprint density at radius 1 is 1.28 bits per heavy atom. The summed E-state index contributed by atoms with van der Waals surface area (Å²) in [5, 5.41) is 5.66. The second kappa shape index (κ2) is 12.8. The Kier molecular flexibility index (Phi) is 10.4. The molecule has 29 heavy (non-hydrogen) atoms. The third-order valence-electron chi connectivity index (χ3n) is 4.67. The van der Waals surface area contributed by atoms with Crippen molar-refractivity contribution in [3.8, 4) is 0 Å². The van der Waals surface area contributed by atoms with E-state index in [0.717, 1.165) is 6.42 Å². The number of thioether (sulfide) groups is 1. The van der Waals surface area contributed by atoms with Crippen LogP contribution in [0.1, 0.15) is 26.2 Å². The van der Waals surface area contributed by atoms with Crippen molar-refractivity contribution in [3.63, 3.8) is 0 Å². The minimum atomic E-state index is -2.54. The standard InChI is InChI=1S/C20H29F2N3O3S/c1-2-28-13-5-10-23-19(27)15-8-11-25(12-9-15)14-18(26)24-16-6-3-4-7-17(16)29-20(21)22/h3-4,6-7,15,20H,2,5,8-14H2,1H3,(H,23,27)(H,24,26). The summed E-state index contributed by atoms with van der Waals surface area (Å²) in [5.41, 5.74) is 0.393. The average Bonchev–Trinajstić information content (AvgIpc) is 2.69. The summed E-state index contributed by atoms with van der Waals surface area (Å²) >= 11 is 0.413. The monoisotopic (exact) mass is 429 g/mol. The first-order valence-corrected chi connectivity index (χ1v) is 10.8. The lowest BCUT2D eigenvalue weighted by molar-refractivity contribution is -0.126. The molecule has 1 fully saturated rings. The molecule has 0 bridgehead atoms. The Hall–Kier alpha value is -1.71. The van der Waals surface area contributed by atoms with Gasteiger partial charge in [-0.3, -0.25) is 14.5 Å². The molecule has 2 amide bonds. The smallest absolute Gasteiger partial charge is 0.288 e. The molecular weight excluding hydrogens is 400 g/mol. The number of halogens is 2. The van der Waals surface area contributed by atoms with Gasteiger partial charge in [-0.25, -0.2) is 0 Å². The van der Waals surface area contributed by atoms with Crippen LogP contribution in [0.15, 0.2) is 29.2 Å². The molecule has 1 aliphatic rings. The summed E-state index contributed by atoms with van der Waals surface area (Å²) < 4.78 is 30.5. The summed E-state index contributed by atoms with van der Waals surface area (Å²) in [6.07, 6.45) is 2.19. The summed E-state index contributed by atoms with van der Waals surface area (Å²) in [6.45, 7) is 5.34. The van der Waals surface area contributed by atoms with E-state index in [1.54, 1.807) is 24.3 Å². The fourth-order valence-corrected chi connectivity index (χ4v) is 3.78. The molecule has 1 aliphatic heterocycles. The number of carbonyl (C=O) groups excluding carboxylic acids is 2. The highest BCUT2D eigenvalue weighted by molar-refractivity contribution is 7.99. The van der Waals surface area contributed by atoms with E-state index in [0.29, 0.717) is 68.0 Å². The third kappa shape index (κ3) is 8.67. The molecule has 2 N–H and O–H groups in total. The van der Waals surface area contributed by atoms with Crippen LogP contribution in [0.5, 0.6) is 0 Å². The van der Waals surface area contributed by atoms with Gasteiger partial charge < -0.3 is 15.4 Å². The van der Waals surface area contributed by atoms with E-state index in [1.165, 1.54) is 0 Å². The maximum Gasteiger partial charge on any atom is 0.288 e. The minimum absolute atomic E-state index is 0.0374. The molecule has 1 aromatic carbocycles. The molecule has 0 aliphatic carbocycles. The highest BCUT2D eigenvalue weighted by Crippen LogP contribution is 2.31. The molecule has 162 valence electrons. The molecule has 0 radical (unpaired) electrons. The molecule has 0 atom stereocenters. The van der Waals surface area contributed by atoms with Gasteiger partial charge in [-0.05, 0) is 51.4 Å². The lowest BCUT2D eigenvalue weighted by atomic mass is 9.96. The number of carbonyl (C=O) groups is 2. The van der Waals surface area contributed by atoms with E-state index in [1.807, 2.05) is 11.8 Å². The first kappa shape index (κ1) is 23.6. The Morgan fingerprint density at radius 3 is 2.69 bits per heavy atom. The predicted molar refractivity (Wildman–Crippen MR) is 110 cm³/mol. The molecule has 0 spiro atoms. The van der Waals surface area contributed by atoms with E-state index in [9.17, 15) is 18.4 Å². The zero-order valence-corrected chi connectivity index (χ0v) is 17.5. The van der Waals surface area contributed by atoms with Crippen molar-refractivity contribution in [2.75, 3.05) is 44.7 Å².